The van der Waals surface area contributed by atoms with Crippen LogP contribution in [0.4, 0.5) is 0 Å². The molecule has 2 aromatic rings. The summed E-state index contributed by atoms with van der Waals surface area (Å²) in [5.74, 6) is 0.286. The van der Waals surface area contributed by atoms with E-state index in [9.17, 15) is 4.79 Å². The van der Waals surface area contributed by atoms with Gasteiger partial charge in [-0.25, -0.2) is 0 Å². The molecular formula is C16H21N3O2. The van der Waals surface area contributed by atoms with Gasteiger partial charge in [0, 0.05) is 29.8 Å². The molecule has 0 atom stereocenters. The lowest BCUT2D eigenvalue weighted by atomic mass is 10.1. The van der Waals surface area contributed by atoms with Gasteiger partial charge in [0.25, 0.3) is 5.91 Å². The normalized spacial score (nSPS) is 16.0. The van der Waals surface area contributed by atoms with E-state index in [1.165, 1.54) is 5.69 Å². The Bertz CT molecular complexity index is 665. The van der Waals surface area contributed by atoms with Crippen molar-refractivity contribution < 1.29 is 9.21 Å². The third-order valence-corrected chi connectivity index (χ3v) is 4.24. The molecule has 0 aliphatic heterocycles. The van der Waals surface area contributed by atoms with E-state index in [1.54, 1.807) is 12.3 Å². The van der Waals surface area contributed by atoms with E-state index in [0.717, 1.165) is 30.6 Å². The van der Waals surface area contributed by atoms with Crippen LogP contribution in [0.15, 0.2) is 22.8 Å². The summed E-state index contributed by atoms with van der Waals surface area (Å²) in [5.41, 5.74) is 3.24. The highest BCUT2D eigenvalue weighted by molar-refractivity contribution is 5.92. The van der Waals surface area contributed by atoms with Crippen LogP contribution in [0, 0.1) is 26.2 Å². The minimum Gasteiger partial charge on any atom is -0.459 e. The summed E-state index contributed by atoms with van der Waals surface area (Å²) in [6.45, 7) is 7.49. The monoisotopic (exact) mass is 287 g/mol. The number of hydrogen-bond donors (Lipinski definition) is 1. The summed E-state index contributed by atoms with van der Waals surface area (Å²) in [5, 5.41) is 7.51. The maximum Gasteiger partial charge on any atom is 0.287 e. The van der Waals surface area contributed by atoms with Gasteiger partial charge in [0.05, 0.1) is 12.0 Å². The molecule has 0 aromatic carbocycles. The highest BCUT2D eigenvalue weighted by Gasteiger charge is 2.43. The van der Waals surface area contributed by atoms with Gasteiger partial charge >= 0.3 is 0 Å². The number of rotatable bonds is 5. The molecule has 0 spiro atoms. The molecule has 5 nitrogen and oxygen atoms in total. The largest absolute Gasteiger partial charge is 0.459 e. The molecule has 0 bridgehead atoms. The summed E-state index contributed by atoms with van der Waals surface area (Å²) >= 11 is 0. The van der Waals surface area contributed by atoms with Crippen LogP contribution >= 0.6 is 0 Å². The van der Waals surface area contributed by atoms with E-state index in [4.69, 9.17) is 4.42 Å². The van der Waals surface area contributed by atoms with Crippen molar-refractivity contribution in [1.82, 2.24) is 15.1 Å². The molecular weight excluding hydrogens is 266 g/mol. The maximum absolute atomic E-state index is 12.1. The second kappa shape index (κ2) is 5.06. The van der Waals surface area contributed by atoms with Gasteiger partial charge in [-0.3, -0.25) is 9.48 Å². The SMILES string of the molecule is Cc1cc(C)n(CC2(CNC(=O)c3occc3C)CC2)n1. The first-order chi connectivity index (χ1) is 9.99. The molecule has 2 aromatic heterocycles. The van der Waals surface area contributed by atoms with Gasteiger partial charge in [0.2, 0.25) is 0 Å². The molecule has 1 aliphatic rings. The van der Waals surface area contributed by atoms with Gasteiger partial charge in [0.15, 0.2) is 5.76 Å². The van der Waals surface area contributed by atoms with Crippen LogP contribution in [0.3, 0.4) is 0 Å². The molecule has 1 fully saturated rings. The van der Waals surface area contributed by atoms with E-state index in [2.05, 4.69) is 23.4 Å². The standard InChI is InChI=1S/C16H21N3O2/c1-11-4-7-21-14(11)15(20)17-9-16(5-6-16)10-19-13(3)8-12(2)18-19/h4,7-8H,5-6,9-10H2,1-3H3,(H,17,20). The molecule has 21 heavy (non-hydrogen) atoms. The van der Waals surface area contributed by atoms with Crippen molar-refractivity contribution in [2.75, 3.05) is 6.54 Å². The highest BCUT2D eigenvalue weighted by Crippen LogP contribution is 2.46. The minimum atomic E-state index is -0.128. The number of aryl methyl sites for hydroxylation is 3. The topological polar surface area (TPSA) is 60.1 Å². The number of nitrogens with zero attached hydrogens (tertiary/aromatic N) is 2. The van der Waals surface area contributed by atoms with Gasteiger partial charge < -0.3 is 9.73 Å². The minimum absolute atomic E-state index is 0.128. The van der Waals surface area contributed by atoms with E-state index in [-0.39, 0.29) is 11.3 Å². The fraction of sp³-hybridized carbons (Fsp3) is 0.500. The number of aromatic nitrogens is 2. The van der Waals surface area contributed by atoms with Gasteiger partial charge in [0.1, 0.15) is 0 Å². The Morgan fingerprint density at radius 2 is 2.19 bits per heavy atom. The Hall–Kier alpha value is -2.04. The number of carbonyl (C=O) groups excluding carboxylic acids is 1. The summed E-state index contributed by atoms with van der Waals surface area (Å²) in [6, 6.07) is 3.89. The van der Waals surface area contributed by atoms with Crippen molar-refractivity contribution >= 4 is 5.91 Å². The zero-order valence-corrected chi connectivity index (χ0v) is 12.8. The van der Waals surface area contributed by atoms with Crippen molar-refractivity contribution in [3.63, 3.8) is 0 Å². The van der Waals surface area contributed by atoms with Gasteiger partial charge in [-0.05, 0) is 45.7 Å². The van der Waals surface area contributed by atoms with Crippen molar-refractivity contribution in [2.24, 2.45) is 5.41 Å². The fourth-order valence-corrected chi connectivity index (χ4v) is 2.67. The van der Waals surface area contributed by atoms with Gasteiger partial charge in [-0.2, -0.15) is 5.10 Å². The maximum atomic E-state index is 12.1. The Balaban J connectivity index is 1.61. The summed E-state index contributed by atoms with van der Waals surface area (Å²) in [7, 11) is 0. The lowest BCUT2D eigenvalue weighted by molar-refractivity contribution is 0.0913. The first-order valence-corrected chi connectivity index (χ1v) is 7.32. The zero-order chi connectivity index (χ0) is 15.0. The Morgan fingerprint density at radius 3 is 2.71 bits per heavy atom. The van der Waals surface area contributed by atoms with Gasteiger partial charge in [-0.1, -0.05) is 0 Å². The van der Waals surface area contributed by atoms with Crippen LogP contribution in [0.5, 0.6) is 0 Å². The van der Waals surface area contributed by atoms with Crippen LogP contribution in [0.1, 0.15) is 40.3 Å². The van der Waals surface area contributed by atoms with E-state index < -0.39 is 0 Å². The average molecular weight is 287 g/mol. The molecule has 0 unspecified atom stereocenters. The lowest BCUT2D eigenvalue weighted by Gasteiger charge is -2.17. The lowest BCUT2D eigenvalue weighted by Crippen LogP contribution is -2.32. The van der Waals surface area contributed by atoms with Crippen molar-refractivity contribution in [1.29, 1.82) is 0 Å². The van der Waals surface area contributed by atoms with Crippen LogP contribution in [-0.2, 0) is 6.54 Å². The molecule has 3 rings (SSSR count). The van der Waals surface area contributed by atoms with E-state index in [1.807, 2.05) is 18.5 Å². The Morgan fingerprint density at radius 1 is 1.43 bits per heavy atom. The zero-order valence-electron chi connectivity index (χ0n) is 12.8. The molecule has 5 heteroatoms. The van der Waals surface area contributed by atoms with Crippen LogP contribution in [0.25, 0.3) is 0 Å². The van der Waals surface area contributed by atoms with Gasteiger partial charge in [-0.15, -0.1) is 0 Å². The molecule has 0 radical (unpaired) electrons. The number of hydrogen-bond acceptors (Lipinski definition) is 3. The van der Waals surface area contributed by atoms with Crippen molar-refractivity contribution in [2.45, 2.75) is 40.2 Å². The molecule has 1 amide bonds. The second-order valence-electron chi connectivity index (χ2n) is 6.20. The summed E-state index contributed by atoms with van der Waals surface area (Å²) in [4.78, 5) is 12.1. The van der Waals surface area contributed by atoms with Crippen LogP contribution in [0.2, 0.25) is 0 Å². The summed E-state index contributed by atoms with van der Waals surface area (Å²) in [6.07, 6.45) is 3.80. The predicted octanol–water partition coefficient (Wildman–Crippen LogP) is 2.61. The highest BCUT2D eigenvalue weighted by atomic mass is 16.3. The quantitative estimate of drug-likeness (QED) is 0.919. The van der Waals surface area contributed by atoms with Crippen molar-refractivity contribution in [3.8, 4) is 0 Å². The number of furan rings is 1. The molecule has 0 saturated heterocycles. The predicted molar refractivity (Wildman–Crippen MR) is 79.1 cm³/mol. The van der Waals surface area contributed by atoms with E-state index >= 15 is 0 Å². The molecule has 1 N–H and O–H groups in total. The Labute approximate surface area is 124 Å². The molecule has 2 heterocycles. The first-order valence-electron chi connectivity index (χ1n) is 7.32. The third-order valence-electron chi connectivity index (χ3n) is 4.24. The molecule has 112 valence electrons. The summed E-state index contributed by atoms with van der Waals surface area (Å²) < 4.78 is 7.27. The van der Waals surface area contributed by atoms with E-state index in [0.29, 0.717) is 12.3 Å². The smallest absolute Gasteiger partial charge is 0.287 e. The second-order valence-corrected chi connectivity index (χ2v) is 6.20. The first kappa shape index (κ1) is 13.9. The van der Waals surface area contributed by atoms with Crippen LogP contribution in [-0.4, -0.2) is 22.2 Å². The molecule has 1 aliphatic carbocycles. The van der Waals surface area contributed by atoms with Crippen molar-refractivity contribution in [3.05, 3.63) is 41.1 Å². The number of carbonyl (C=O) groups is 1. The third kappa shape index (κ3) is 2.86. The Kier molecular flexibility index (Phi) is 3.35. The van der Waals surface area contributed by atoms with Crippen LogP contribution < -0.4 is 5.32 Å². The fourth-order valence-electron chi connectivity index (χ4n) is 2.67. The number of nitrogens with one attached hydrogen (secondary N) is 1. The molecule has 1 saturated carbocycles. The average Bonchev–Trinajstić information content (AvgIpc) is 2.94. The number of amides is 1.